The monoisotopic (exact) mass is 251 g/mol. The van der Waals surface area contributed by atoms with E-state index >= 15 is 0 Å². The summed E-state index contributed by atoms with van der Waals surface area (Å²) in [5.74, 6) is 1.15. The number of fused-ring (bicyclic) bond motifs is 1. The highest BCUT2D eigenvalue weighted by Gasteiger charge is 2.14. The second-order valence-electron chi connectivity index (χ2n) is 4.99. The highest BCUT2D eigenvalue weighted by molar-refractivity contribution is 7.12. The standard InChI is InChI=1S/C13H21N3S/c1-9(2)7-15-13(14)16-8-11-6-10-4-3-5-12(10)17-11/h6,9H,3-5,7-8H2,1-2H3,(H3,14,15,16). The Kier molecular flexibility index (Phi) is 4.05. The molecule has 0 spiro atoms. The second kappa shape index (κ2) is 5.54. The van der Waals surface area contributed by atoms with Crippen LogP contribution >= 0.6 is 11.3 Å². The van der Waals surface area contributed by atoms with Gasteiger partial charge in [0.2, 0.25) is 0 Å². The van der Waals surface area contributed by atoms with E-state index in [2.05, 4.69) is 30.2 Å². The lowest BCUT2D eigenvalue weighted by atomic mass is 10.2. The zero-order valence-corrected chi connectivity index (χ0v) is 11.4. The molecule has 0 saturated carbocycles. The number of aliphatic imine (C=N–C) groups is 1. The van der Waals surface area contributed by atoms with E-state index in [1.165, 1.54) is 29.7 Å². The summed E-state index contributed by atoms with van der Waals surface area (Å²) in [5.41, 5.74) is 7.34. The van der Waals surface area contributed by atoms with Crippen LogP contribution in [-0.2, 0) is 19.4 Å². The molecule has 1 aliphatic rings. The molecule has 2 rings (SSSR count). The van der Waals surface area contributed by atoms with Crippen molar-refractivity contribution in [1.29, 1.82) is 0 Å². The van der Waals surface area contributed by atoms with Crippen LogP contribution in [0.25, 0.3) is 0 Å². The van der Waals surface area contributed by atoms with Crippen molar-refractivity contribution >= 4 is 17.3 Å². The van der Waals surface area contributed by atoms with Gasteiger partial charge in [-0.1, -0.05) is 13.8 Å². The smallest absolute Gasteiger partial charge is 0.188 e. The van der Waals surface area contributed by atoms with Gasteiger partial charge in [-0.15, -0.1) is 11.3 Å². The van der Waals surface area contributed by atoms with Crippen molar-refractivity contribution < 1.29 is 0 Å². The zero-order chi connectivity index (χ0) is 12.3. The minimum Gasteiger partial charge on any atom is -0.370 e. The van der Waals surface area contributed by atoms with Gasteiger partial charge in [0.1, 0.15) is 0 Å². The van der Waals surface area contributed by atoms with Crippen molar-refractivity contribution in [1.82, 2.24) is 5.32 Å². The van der Waals surface area contributed by atoms with Crippen LogP contribution in [0, 0.1) is 5.92 Å². The predicted molar refractivity (Wildman–Crippen MR) is 74.5 cm³/mol. The molecule has 1 heterocycles. The SMILES string of the molecule is CC(C)CNC(N)=NCc1cc2c(s1)CCC2. The zero-order valence-electron chi connectivity index (χ0n) is 10.6. The lowest BCUT2D eigenvalue weighted by Crippen LogP contribution is -2.34. The molecule has 94 valence electrons. The number of nitrogens with one attached hydrogen (secondary N) is 1. The van der Waals surface area contributed by atoms with E-state index in [-0.39, 0.29) is 0 Å². The molecule has 0 amide bonds. The summed E-state index contributed by atoms with van der Waals surface area (Å²) in [5, 5.41) is 3.13. The van der Waals surface area contributed by atoms with E-state index in [1.54, 1.807) is 4.88 Å². The van der Waals surface area contributed by atoms with E-state index in [1.807, 2.05) is 11.3 Å². The Bertz CT molecular complexity index is 385. The quantitative estimate of drug-likeness (QED) is 0.637. The van der Waals surface area contributed by atoms with Crippen LogP contribution in [0.1, 0.15) is 35.6 Å². The molecule has 0 aliphatic heterocycles. The third kappa shape index (κ3) is 3.46. The number of nitrogens with two attached hydrogens (primary N) is 1. The molecule has 1 aromatic heterocycles. The van der Waals surface area contributed by atoms with Gasteiger partial charge in [-0.3, -0.25) is 0 Å². The fourth-order valence-corrected chi connectivity index (χ4v) is 3.18. The van der Waals surface area contributed by atoms with E-state index in [4.69, 9.17) is 5.73 Å². The Labute approximate surface area is 107 Å². The first-order valence-corrected chi connectivity index (χ1v) is 7.11. The first-order chi connectivity index (χ1) is 8.15. The molecule has 4 heteroatoms. The average molecular weight is 251 g/mol. The molecular weight excluding hydrogens is 230 g/mol. The maximum atomic E-state index is 5.80. The summed E-state index contributed by atoms with van der Waals surface area (Å²) in [6, 6.07) is 2.30. The maximum Gasteiger partial charge on any atom is 0.188 e. The average Bonchev–Trinajstić information content (AvgIpc) is 2.83. The lowest BCUT2D eigenvalue weighted by Gasteiger charge is -2.07. The Morgan fingerprint density at radius 2 is 2.35 bits per heavy atom. The van der Waals surface area contributed by atoms with Gasteiger partial charge in [-0.05, 0) is 36.8 Å². The van der Waals surface area contributed by atoms with Crippen molar-refractivity contribution in [2.24, 2.45) is 16.6 Å². The molecule has 0 atom stereocenters. The summed E-state index contributed by atoms with van der Waals surface area (Å²) in [6.07, 6.45) is 3.82. The van der Waals surface area contributed by atoms with Crippen LogP contribution in [0.5, 0.6) is 0 Å². The fourth-order valence-electron chi connectivity index (χ4n) is 2.00. The number of guanidine groups is 1. The third-order valence-corrected chi connectivity index (χ3v) is 4.12. The number of nitrogens with zero attached hydrogens (tertiary/aromatic N) is 1. The summed E-state index contributed by atoms with van der Waals surface area (Å²) < 4.78 is 0. The van der Waals surface area contributed by atoms with Crippen LogP contribution < -0.4 is 11.1 Å². The molecule has 0 unspecified atom stereocenters. The van der Waals surface area contributed by atoms with Crippen molar-refractivity contribution in [2.45, 2.75) is 39.7 Å². The van der Waals surface area contributed by atoms with Gasteiger partial charge in [-0.2, -0.15) is 0 Å². The molecule has 0 aromatic carbocycles. The van der Waals surface area contributed by atoms with Crippen LogP contribution in [0.2, 0.25) is 0 Å². The van der Waals surface area contributed by atoms with Gasteiger partial charge in [0.25, 0.3) is 0 Å². The van der Waals surface area contributed by atoms with Gasteiger partial charge in [0.15, 0.2) is 5.96 Å². The molecule has 17 heavy (non-hydrogen) atoms. The third-order valence-electron chi connectivity index (χ3n) is 2.89. The Hall–Kier alpha value is -1.03. The molecule has 0 saturated heterocycles. The Balaban J connectivity index is 1.86. The van der Waals surface area contributed by atoms with Crippen molar-refractivity contribution in [3.8, 4) is 0 Å². The lowest BCUT2D eigenvalue weighted by molar-refractivity contribution is 0.622. The molecule has 0 bridgehead atoms. The molecular formula is C13H21N3S. The number of aryl methyl sites for hydroxylation is 2. The van der Waals surface area contributed by atoms with Gasteiger partial charge in [0, 0.05) is 16.3 Å². The topological polar surface area (TPSA) is 50.4 Å². The van der Waals surface area contributed by atoms with E-state index in [0.29, 0.717) is 18.4 Å². The fraction of sp³-hybridized carbons (Fsp3) is 0.615. The molecule has 3 N–H and O–H groups in total. The second-order valence-corrected chi connectivity index (χ2v) is 6.21. The van der Waals surface area contributed by atoms with Gasteiger partial charge in [-0.25, -0.2) is 4.99 Å². The van der Waals surface area contributed by atoms with E-state index in [9.17, 15) is 0 Å². The summed E-state index contributed by atoms with van der Waals surface area (Å²) >= 11 is 1.90. The molecule has 3 nitrogen and oxygen atoms in total. The minimum absolute atomic E-state index is 0.562. The van der Waals surface area contributed by atoms with Gasteiger partial charge in [0.05, 0.1) is 6.54 Å². The minimum atomic E-state index is 0.562. The van der Waals surface area contributed by atoms with E-state index in [0.717, 1.165) is 6.54 Å². The molecule has 1 aromatic rings. The summed E-state index contributed by atoms with van der Waals surface area (Å²) in [6.45, 7) is 5.92. The number of thiophene rings is 1. The molecule has 0 radical (unpaired) electrons. The van der Waals surface area contributed by atoms with Crippen LogP contribution in [0.3, 0.4) is 0 Å². The van der Waals surface area contributed by atoms with Crippen molar-refractivity contribution in [2.75, 3.05) is 6.54 Å². The van der Waals surface area contributed by atoms with Crippen LogP contribution in [0.15, 0.2) is 11.1 Å². The highest BCUT2D eigenvalue weighted by atomic mass is 32.1. The van der Waals surface area contributed by atoms with Crippen molar-refractivity contribution in [3.05, 3.63) is 21.4 Å². The maximum absolute atomic E-state index is 5.80. The van der Waals surface area contributed by atoms with Gasteiger partial charge >= 0.3 is 0 Å². The van der Waals surface area contributed by atoms with Gasteiger partial charge < -0.3 is 11.1 Å². The first-order valence-electron chi connectivity index (χ1n) is 6.29. The van der Waals surface area contributed by atoms with Crippen molar-refractivity contribution in [3.63, 3.8) is 0 Å². The van der Waals surface area contributed by atoms with Crippen LogP contribution in [0.4, 0.5) is 0 Å². The first kappa shape index (κ1) is 12.4. The normalized spacial score (nSPS) is 15.4. The summed E-state index contributed by atoms with van der Waals surface area (Å²) in [4.78, 5) is 7.27. The Morgan fingerprint density at radius 1 is 1.53 bits per heavy atom. The largest absolute Gasteiger partial charge is 0.370 e. The highest BCUT2D eigenvalue weighted by Crippen LogP contribution is 2.30. The van der Waals surface area contributed by atoms with Crippen LogP contribution in [-0.4, -0.2) is 12.5 Å². The van der Waals surface area contributed by atoms with E-state index < -0.39 is 0 Å². The predicted octanol–water partition coefficient (Wildman–Crippen LogP) is 2.30. The Morgan fingerprint density at radius 3 is 3.06 bits per heavy atom. The molecule has 1 aliphatic carbocycles. The summed E-state index contributed by atoms with van der Waals surface area (Å²) in [7, 11) is 0. The number of rotatable bonds is 4. The number of hydrogen-bond donors (Lipinski definition) is 2. The molecule has 0 fully saturated rings. The number of hydrogen-bond acceptors (Lipinski definition) is 2.